The summed E-state index contributed by atoms with van der Waals surface area (Å²) in [6.07, 6.45) is 0.176. The summed E-state index contributed by atoms with van der Waals surface area (Å²) in [5.74, 6) is -3.89. The number of aliphatic hydroxyl groups is 1. The number of amides is 4. The quantitative estimate of drug-likeness (QED) is 0.164. The van der Waals surface area contributed by atoms with E-state index in [0.29, 0.717) is 50.5 Å². The number of nitrogens with zero attached hydrogens (tertiary/aromatic N) is 3. The number of β-lactam (4-membered cyclic amide) rings is 1. The number of fused-ring (bicyclic) bond motifs is 1. The number of aliphatic carboxylic acids is 1. The highest BCUT2D eigenvalue weighted by molar-refractivity contribution is 8.03. The van der Waals surface area contributed by atoms with Crippen molar-refractivity contribution in [1.29, 1.82) is 0 Å². The molecular formula is C24H36N6O7S. The van der Waals surface area contributed by atoms with Gasteiger partial charge >= 0.3 is 0 Å². The molecule has 210 valence electrons. The van der Waals surface area contributed by atoms with Gasteiger partial charge in [0.15, 0.2) is 13.1 Å². The fourth-order valence-corrected chi connectivity index (χ4v) is 7.93. The first-order valence-corrected chi connectivity index (χ1v) is 13.8. The second kappa shape index (κ2) is 10.8. The van der Waals surface area contributed by atoms with Crippen molar-refractivity contribution in [1.82, 2.24) is 15.1 Å². The number of quaternary nitrogens is 1. The molecule has 4 aliphatic rings. The SMILES string of the molecule is C[C@@H](O)[C@H]1C(=O)N2C(C(=O)[O-])=C(S[C@@H]3CN[C@H](C(=O)N4CCC[N+](CC(N)=O)(CC(N)=O)CC4)C3)[C@H](C)[C@H]12. The average molecular weight is 553 g/mol. The molecule has 0 aromatic carbocycles. The first-order chi connectivity index (χ1) is 17.8. The molecule has 3 saturated heterocycles. The van der Waals surface area contributed by atoms with Gasteiger partial charge in [-0.2, -0.15) is 0 Å². The molecule has 13 nitrogen and oxygen atoms in total. The van der Waals surface area contributed by atoms with E-state index in [1.807, 2.05) is 6.92 Å². The molecule has 3 fully saturated rings. The number of thioether (sulfide) groups is 1. The van der Waals surface area contributed by atoms with E-state index >= 15 is 0 Å². The number of hydrogen-bond donors (Lipinski definition) is 4. The van der Waals surface area contributed by atoms with E-state index in [0.717, 1.165) is 0 Å². The highest BCUT2D eigenvalue weighted by Crippen LogP contribution is 2.51. The zero-order chi connectivity index (χ0) is 27.9. The maximum Gasteiger partial charge on any atom is 0.272 e. The van der Waals surface area contributed by atoms with Crippen LogP contribution in [0.2, 0.25) is 0 Å². The van der Waals surface area contributed by atoms with Crippen LogP contribution in [0.3, 0.4) is 0 Å². The number of carbonyl (C=O) groups excluding carboxylic acids is 5. The van der Waals surface area contributed by atoms with Crippen LogP contribution in [-0.2, 0) is 24.0 Å². The van der Waals surface area contributed by atoms with Crippen LogP contribution in [0.4, 0.5) is 0 Å². The van der Waals surface area contributed by atoms with Crippen LogP contribution in [0.5, 0.6) is 0 Å². The normalized spacial score (nSPS) is 31.4. The number of hydrogen-bond acceptors (Lipinski definition) is 9. The van der Waals surface area contributed by atoms with Gasteiger partial charge in [-0.1, -0.05) is 6.92 Å². The molecule has 0 aromatic heterocycles. The zero-order valence-corrected chi connectivity index (χ0v) is 22.4. The summed E-state index contributed by atoms with van der Waals surface area (Å²) in [6.45, 7) is 5.54. The van der Waals surface area contributed by atoms with Crippen LogP contribution < -0.4 is 21.9 Å². The van der Waals surface area contributed by atoms with E-state index in [4.69, 9.17) is 11.5 Å². The Morgan fingerprint density at radius 3 is 2.42 bits per heavy atom. The summed E-state index contributed by atoms with van der Waals surface area (Å²) in [7, 11) is 0. The lowest BCUT2D eigenvalue weighted by Crippen LogP contribution is -2.64. The first-order valence-electron chi connectivity index (χ1n) is 12.9. The lowest BCUT2D eigenvalue weighted by atomic mass is 9.79. The summed E-state index contributed by atoms with van der Waals surface area (Å²) in [4.78, 5) is 64.7. The fourth-order valence-electron chi connectivity index (χ4n) is 6.46. The third-order valence-electron chi connectivity index (χ3n) is 8.18. The fraction of sp³-hybridized carbons (Fsp3) is 0.708. The molecule has 0 bridgehead atoms. The van der Waals surface area contributed by atoms with Crippen molar-refractivity contribution < 1.29 is 38.7 Å². The largest absolute Gasteiger partial charge is 0.543 e. The molecule has 0 spiro atoms. The van der Waals surface area contributed by atoms with Crippen molar-refractivity contribution in [3.63, 3.8) is 0 Å². The van der Waals surface area contributed by atoms with Crippen molar-refractivity contribution >= 4 is 41.4 Å². The van der Waals surface area contributed by atoms with Gasteiger partial charge in [0.1, 0.15) is 0 Å². The minimum absolute atomic E-state index is 0.0180. The molecule has 14 heteroatoms. The monoisotopic (exact) mass is 552 g/mol. The van der Waals surface area contributed by atoms with Crippen LogP contribution in [-0.4, -0.2) is 118 Å². The van der Waals surface area contributed by atoms with Gasteiger partial charge in [0, 0.05) is 35.6 Å². The van der Waals surface area contributed by atoms with Crippen molar-refractivity contribution in [3.05, 3.63) is 10.6 Å². The van der Waals surface area contributed by atoms with E-state index in [1.54, 1.807) is 4.90 Å². The minimum Gasteiger partial charge on any atom is -0.543 e. The molecule has 0 unspecified atom stereocenters. The highest BCUT2D eigenvalue weighted by atomic mass is 32.2. The maximum atomic E-state index is 13.4. The average Bonchev–Trinajstić information content (AvgIpc) is 3.29. The molecule has 4 amide bonds. The van der Waals surface area contributed by atoms with E-state index < -0.39 is 47.8 Å². The Morgan fingerprint density at radius 2 is 1.84 bits per heavy atom. The van der Waals surface area contributed by atoms with Gasteiger partial charge in [-0.15, -0.1) is 11.8 Å². The number of rotatable bonds is 9. The van der Waals surface area contributed by atoms with E-state index in [2.05, 4.69) is 5.32 Å². The Kier molecular flexibility index (Phi) is 8.07. The Balaban J connectivity index is 1.40. The summed E-state index contributed by atoms with van der Waals surface area (Å²) in [6, 6.07) is -0.881. The lowest BCUT2D eigenvalue weighted by molar-refractivity contribution is -0.911. The van der Waals surface area contributed by atoms with Crippen LogP contribution in [0, 0.1) is 11.8 Å². The number of aliphatic hydroxyl groups excluding tert-OH is 1. The second-order valence-electron chi connectivity index (χ2n) is 10.9. The molecule has 0 aliphatic carbocycles. The maximum absolute atomic E-state index is 13.4. The molecule has 0 saturated carbocycles. The standard InChI is InChI=1S/C24H36N6O7S/c1-12-19-18(13(2)31)23(35)29(19)20(24(36)37)21(12)38-14-8-15(27-9-14)22(34)28-4-3-6-30(7-5-28,10-16(25)32)11-17(26)33/h12-15,18-19,27,31H,3-11H2,1-2H3,(H4-,25,26,32,33,36,37)/t12-,13-,14+,15+,18-,19-/m1/s1. The van der Waals surface area contributed by atoms with Crippen LogP contribution in [0.1, 0.15) is 26.7 Å². The van der Waals surface area contributed by atoms with Crippen molar-refractivity contribution in [2.75, 3.05) is 45.8 Å². The van der Waals surface area contributed by atoms with Gasteiger partial charge < -0.3 is 46.1 Å². The molecule has 4 aliphatic heterocycles. The van der Waals surface area contributed by atoms with Crippen LogP contribution in [0.15, 0.2) is 10.6 Å². The number of primary amides is 2. The predicted molar refractivity (Wildman–Crippen MR) is 134 cm³/mol. The van der Waals surface area contributed by atoms with Gasteiger partial charge in [-0.3, -0.25) is 19.2 Å². The Labute approximate surface area is 225 Å². The summed E-state index contributed by atoms with van der Waals surface area (Å²) in [5, 5.41) is 25.1. The Morgan fingerprint density at radius 1 is 1.18 bits per heavy atom. The van der Waals surface area contributed by atoms with Gasteiger partial charge in [0.25, 0.3) is 11.8 Å². The van der Waals surface area contributed by atoms with E-state index in [1.165, 1.54) is 23.6 Å². The molecule has 6 N–H and O–H groups in total. The zero-order valence-electron chi connectivity index (χ0n) is 21.6. The number of carboxylic acids is 1. The molecule has 4 rings (SSSR count). The van der Waals surface area contributed by atoms with Gasteiger partial charge in [-0.25, -0.2) is 0 Å². The number of nitrogens with one attached hydrogen (secondary N) is 1. The minimum atomic E-state index is -1.42. The third kappa shape index (κ3) is 5.26. The van der Waals surface area contributed by atoms with E-state index in [9.17, 15) is 34.2 Å². The first kappa shape index (κ1) is 28.3. The van der Waals surface area contributed by atoms with E-state index in [-0.39, 0.29) is 40.3 Å². The van der Waals surface area contributed by atoms with Crippen molar-refractivity contribution in [2.45, 2.75) is 50.1 Å². The Hall–Kier alpha value is -2.68. The highest BCUT2D eigenvalue weighted by Gasteiger charge is 2.59. The van der Waals surface area contributed by atoms with Crippen molar-refractivity contribution in [3.8, 4) is 0 Å². The lowest BCUT2D eigenvalue weighted by Gasteiger charge is -2.47. The summed E-state index contributed by atoms with van der Waals surface area (Å²) < 4.78 is 0.132. The number of carbonyl (C=O) groups is 5. The smallest absolute Gasteiger partial charge is 0.272 e. The van der Waals surface area contributed by atoms with Gasteiger partial charge in [-0.05, 0) is 13.3 Å². The topological polar surface area (TPSA) is 199 Å². The van der Waals surface area contributed by atoms with Gasteiger partial charge in [0.2, 0.25) is 11.8 Å². The number of carboxylic acid groups (broad SMARTS) is 1. The second-order valence-corrected chi connectivity index (χ2v) is 12.2. The Bertz CT molecular complexity index is 1050. The summed E-state index contributed by atoms with van der Waals surface area (Å²) in [5.41, 5.74) is 10.7. The van der Waals surface area contributed by atoms with Crippen molar-refractivity contribution in [2.24, 2.45) is 23.3 Å². The molecule has 38 heavy (non-hydrogen) atoms. The predicted octanol–water partition coefficient (Wildman–Crippen LogP) is -3.71. The molecular weight excluding hydrogens is 516 g/mol. The molecule has 0 aromatic rings. The van der Waals surface area contributed by atoms with Gasteiger partial charge in [0.05, 0.1) is 55.4 Å². The third-order valence-corrected chi connectivity index (χ3v) is 9.69. The molecule has 4 heterocycles. The molecule has 0 radical (unpaired) electrons. The summed E-state index contributed by atoms with van der Waals surface area (Å²) >= 11 is 1.35. The number of nitrogens with two attached hydrogens (primary N) is 2. The molecule has 6 atom stereocenters. The van der Waals surface area contributed by atoms with Crippen LogP contribution >= 0.6 is 11.8 Å². The van der Waals surface area contributed by atoms with Crippen LogP contribution in [0.25, 0.3) is 0 Å².